The van der Waals surface area contributed by atoms with Gasteiger partial charge in [0.05, 0.1) is 6.61 Å². The molecule has 0 aromatic heterocycles. The Kier molecular flexibility index (Phi) is 9.21. The fourth-order valence-electron chi connectivity index (χ4n) is 4.35. The molecule has 0 aromatic carbocycles. The first kappa shape index (κ1) is 21.9. The Morgan fingerprint density at radius 2 is 1.67 bits per heavy atom. The molecule has 1 heterocycles. The predicted molar refractivity (Wildman–Crippen MR) is 104 cm³/mol. The Morgan fingerprint density at radius 3 is 2.21 bits per heavy atom. The van der Waals surface area contributed by atoms with Gasteiger partial charge in [-0.3, -0.25) is 4.84 Å². The third kappa shape index (κ3) is 6.99. The fourth-order valence-corrected chi connectivity index (χ4v) is 4.35. The number of nitrogens with one attached hydrogen (secondary N) is 1. The average molecular weight is 342 g/mol. The molecule has 1 aliphatic rings. The number of hydroxylamine groups is 2. The fraction of sp³-hybridized carbons (Fsp3) is 1.00. The molecule has 4 heteroatoms. The van der Waals surface area contributed by atoms with Crippen molar-refractivity contribution in [3.05, 3.63) is 0 Å². The zero-order valence-electron chi connectivity index (χ0n) is 17.2. The van der Waals surface area contributed by atoms with Crippen molar-refractivity contribution in [2.75, 3.05) is 13.2 Å². The smallest absolute Gasteiger partial charge is 0.0683 e. The van der Waals surface area contributed by atoms with Crippen LogP contribution in [0.25, 0.3) is 0 Å². The van der Waals surface area contributed by atoms with E-state index in [4.69, 9.17) is 10.6 Å². The van der Waals surface area contributed by atoms with E-state index < -0.39 is 0 Å². The lowest BCUT2D eigenvalue weighted by molar-refractivity contribution is -0.284. The number of hydrogen-bond acceptors (Lipinski definition) is 4. The lowest BCUT2D eigenvalue weighted by Gasteiger charge is -2.54. The van der Waals surface area contributed by atoms with E-state index in [1.807, 2.05) is 0 Å². The van der Waals surface area contributed by atoms with Crippen molar-refractivity contribution in [1.82, 2.24) is 10.4 Å². The lowest BCUT2D eigenvalue weighted by Crippen LogP contribution is -2.64. The van der Waals surface area contributed by atoms with E-state index in [0.717, 1.165) is 32.4 Å². The molecule has 24 heavy (non-hydrogen) atoms. The normalized spacial score (nSPS) is 22.6. The monoisotopic (exact) mass is 341 g/mol. The molecule has 144 valence electrons. The second kappa shape index (κ2) is 10.1. The van der Waals surface area contributed by atoms with Gasteiger partial charge in [-0.2, -0.15) is 5.06 Å². The zero-order chi connectivity index (χ0) is 18.2. The van der Waals surface area contributed by atoms with Crippen LogP contribution < -0.4 is 11.1 Å². The number of rotatable bonds is 11. The van der Waals surface area contributed by atoms with Gasteiger partial charge in [0.15, 0.2) is 0 Å². The molecule has 0 saturated carbocycles. The van der Waals surface area contributed by atoms with Crippen LogP contribution in [0.15, 0.2) is 0 Å². The van der Waals surface area contributed by atoms with Crippen molar-refractivity contribution < 1.29 is 4.84 Å². The SMILES string of the molecule is CCCON1C(C)(C)CC(NC(C)CCCCCCN)CC1(C)C. The molecule has 0 spiro atoms. The minimum Gasteiger partial charge on any atom is -0.330 e. The van der Waals surface area contributed by atoms with Crippen LogP contribution in [0.1, 0.15) is 92.9 Å². The van der Waals surface area contributed by atoms with Crippen LogP contribution in [0, 0.1) is 0 Å². The van der Waals surface area contributed by atoms with Crippen LogP contribution in [0.3, 0.4) is 0 Å². The minimum atomic E-state index is 0.0649. The molecule has 1 rings (SSSR count). The van der Waals surface area contributed by atoms with Gasteiger partial charge in [-0.25, -0.2) is 0 Å². The molecule has 1 unspecified atom stereocenters. The standard InChI is InChI=1S/C20H43N3O/c1-7-14-24-23-19(3,4)15-18(16-20(23,5)6)22-17(2)12-10-8-9-11-13-21/h17-18,22H,7-16,21H2,1-6H3. The highest BCUT2D eigenvalue weighted by atomic mass is 16.7. The molecular weight excluding hydrogens is 298 g/mol. The van der Waals surface area contributed by atoms with Crippen molar-refractivity contribution in [3.8, 4) is 0 Å². The van der Waals surface area contributed by atoms with Gasteiger partial charge in [0.2, 0.25) is 0 Å². The van der Waals surface area contributed by atoms with Crippen LogP contribution in [-0.4, -0.2) is 41.4 Å². The van der Waals surface area contributed by atoms with E-state index in [-0.39, 0.29) is 11.1 Å². The number of nitrogens with zero attached hydrogens (tertiary/aromatic N) is 1. The summed E-state index contributed by atoms with van der Waals surface area (Å²) in [5.74, 6) is 0. The summed E-state index contributed by atoms with van der Waals surface area (Å²) in [6, 6.07) is 1.15. The van der Waals surface area contributed by atoms with E-state index in [1.54, 1.807) is 0 Å². The second-order valence-corrected chi connectivity index (χ2v) is 8.92. The summed E-state index contributed by atoms with van der Waals surface area (Å²) in [4.78, 5) is 6.11. The molecule has 1 atom stereocenters. The second-order valence-electron chi connectivity index (χ2n) is 8.92. The summed E-state index contributed by atoms with van der Waals surface area (Å²) in [5, 5.41) is 6.15. The third-order valence-electron chi connectivity index (χ3n) is 5.13. The minimum absolute atomic E-state index is 0.0649. The van der Waals surface area contributed by atoms with Crippen molar-refractivity contribution in [2.45, 2.75) is 116 Å². The van der Waals surface area contributed by atoms with Crippen LogP contribution in [0.5, 0.6) is 0 Å². The van der Waals surface area contributed by atoms with Crippen molar-refractivity contribution >= 4 is 0 Å². The van der Waals surface area contributed by atoms with E-state index in [2.05, 4.69) is 51.9 Å². The quantitative estimate of drug-likeness (QED) is 0.552. The molecule has 0 amide bonds. The molecule has 1 aliphatic heterocycles. The van der Waals surface area contributed by atoms with Crippen LogP contribution in [-0.2, 0) is 4.84 Å². The molecule has 0 radical (unpaired) electrons. The van der Waals surface area contributed by atoms with E-state index in [1.165, 1.54) is 32.1 Å². The highest BCUT2D eigenvalue weighted by Gasteiger charge is 2.46. The first-order chi connectivity index (χ1) is 11.2. The summed E-state index contributed by atoms with van der Waals surface area (Å²) < 4.78 is 0. The van der Waals surface area contributed by atoms with Gasteiger partial charge in [0.25, 0.3) is 0 Å². The molecule has 1 saturated heterocycles. The van der Waals surface area contributed by atoms with E-state index in [9.17, 15) is 0 Å². The maximum atomic E-state index is 6.11. The Hall–Kier alpha value is -0.160. The summed E-state index contributed by atoms with van der Waals surface area (Å²) in [6.45, 7) is 15.4. The topological polar surface area (TPSA) is 50.5 Å². The Balaban J connectivity index is 2.48. The third-order valence-corrected chi connectivity index (χ3v) is 5.13. The van der Waals surface area contributed by atoms with Gasteiger partial charge in [-0.05, 0) is 73.3 Å². The van der Waals surface area contributed by atoms with Gasteiger partial charge < -0.3 is 11.1 Å². The van der Waals surface area contributed by atoms with Gasteiger partial charge in [0.1, 0.15) is 0 Å². The van der Waals surface area contributed by atoms with Gasteiger partial charge in [-0.1, -0.05) is 26.2 Å². The molecular formula is C20H43N3O. The Bertz CT molecular complexity index is 326. The number of nitrogens with two attached hydrogens (primary N) is 1. The largest absolute Gasteiger partial charge is 0.330 e. The average Bonchev–Trinajstić information content (AvgIpc) is 2.44. The van der Waals surface area contributed by atoms with Crippen LogP contribution in [0.4, 0.5) is 0 Å². The molecule has 4 nitrogen and oxygen atoms in total. The molecule has 1 fully saturated rings. The van der Waals surface area contributed by atoms with Crippen molar-refractivity contribution in [3.63, 3.8) is 0 Å². The Labute approximate surface area is 150 Å². The maximum absolute atomic E-state index is 6.11. The summed E-state index contributed by atoms with van der Waals surface area (Å²) >= 11 is 0. The van der Waals surface area contributed by atoms with E-state index >= 15 is 0 Å². The predicted octanol–water partition coefficient (Wildman–Crippen LogP) is 4.24. The molecule has 0 aromatic rings. The van der Waals surface area contributed by atoms with Crippen LogP contribution >= 0.6 is 0 Å². The first-order valence-corrected chi connectivity index (χ1v) is 10.1. The maximum Gasteiger partial charge on any atom is 0.0683 e. The van der Waals surface area contributed by atoms with Gasteiger partial charge >= 0.3 is 0 Å². The Morgan fingerprint density at radius 1 is 1.08 bits per heavy atom. The molecule has 3 N–H and O–H groups in total. The summed E-state index contributed by atoms with van der Waals surface area (Å²) in [6.07, 6.45) is 9.65. The number of piperidine rings is 1. The number of unbranched alkanes of at least 4 members (excludes halogenated alkanes) is 3. The van der Waals surface area contributed by atoms with Crippen molar-refractivity contribution in [1.29, 1.82) is 0 Å². The lowest BCUT2D eigenvalue weighted by atomic mass is 9.78. The molecule has 0 aliphatic carbocycles. The summed E-state index contributed by atoms with van der Waals surface area (Å²) in [5.41, 5.74) is 5.69. The molecule has 0 bridgehead atoms. The van der Waals surface area contributed by atoms with Crippen LogP contribution in [0.2, 0.25) is 0 Å². The zero-order valence-corrected chi connectivity index (χ0v) is 17.2. The van der Waals surface area contributed by atoms with Gasteiger partial charge in [-0.15, -0.1) is 0 Å². The summed E-state index contributed by atoms with van der Waals surface area (Å²) in [7, 11) is 0. The number of hydrogen-bond donors (Lipinski definition) is 2. The first-order valence-electron chi connectivity index (χ1n) is 10.1. The van der Waals surface area contributed by atoms with E-state index in [0.29, 0.717) is 12.1 Å². The van der Waals surface area contributed by atoms with Crippen molar-refractivity contribution in [2.24, 2.45) is 5.73 Å². The highest BCUT2D eigenvalue weighted by molar-refractivity contribution is 4.99. The highest BCUT2D eigenvalue weighted by Crippen LogP contribution is 2.38. The van der Waals surface area contributed by atoms with Gasteiger partial charge in [0, 0.05) is 23.2 Å².